The molecule has 25 heavy (non-hydrogen) atoms. The average Bonchev–Trinajstić information content (AvgIpc) is 2.59. The number of aliphatic carboxylic acids is 1. The van der Waals surface area contributed by atoms with Crippen LogP contribution in [0.5, 0.6) is 5.75 Å². The van der Waals surface area contributed by atoms with Gasteiger partial charge in [-0.1, -0.05) is 0 Å². The number of amides is 1. The van der Waals surface area contributed by atoms with Crippen LogP contribution in [0.2, 0.25) is 0 Å². The van der Waals surface area contributed by atoms with Crippen LogP contribution < -0.4 is 10.1 Å². The molecule has 1 aromatic rings. The van der Waals surface area contributed by atoms with Crippen molar-refractivity contribution >= 4 is 23.9 Å². The van der Waals surface area contributed by atoms with Crippen molar-refractivity contribution in [3.8, 4) is 5.75 Å². The van der Waals surface area contributed by atoms with Gasteiger partial charge in [0.2, 0.25) is 5.78 Å². The first-order valence-corrected chi connectivity index (χ1v) is 7.19. The van der Waals surface area contributed by atoms with Crippen LogP contribution in [0.4, 0.5) is 0 Å². The van der Waals surface area contributed by atoms with E-state index in [4.69, 9.17) is 15.0 Å². The number of rotatable bonds is 10. The number of Topliss-reactive ketones (excluding diaryl/α,β-unsaturated/α-hetero) is 1. The van der Waals surface area contributed by atoms with E-state index in [1.807, 2.05) is 0 Å². The van der Waals surface area contributed by atoms with Crippen molar-refractivity contribution < 1.29 is 33.8 Å². The zero-order chi connectivity index (χ0) is 18.8. The number of ether oxygens (including phenoxy) is 2. The number of carboxylic acids is 1. The molecule has 0 spiro atoms. The lowest BCUT2D eigenvalue weighted by Crippen LogP contribution is -2.43. The summed E-state index contributed by atoms with van der Waals surface area (Å²) < 4.78 is 10.1. The summed E-state index contributed by atoms with van der Waals surface area (Å²) in [5.41, 5.74) is 8.53. The second-order valence-electron chi connectivity index (χ2n) is 4.89. The van der Waals surface area contributed by atoms with E-state index in [1.165, 1.54) is 26.5 Å². The molecule has 1 rings (SSSR count). The molecule has 0 bridgehead atoms. The topological polar surface area (TPSA) is 151 Å². The Kier molecular flexibility index (Phi) is 7.91. The Hall–Kier alpha value is -3.10. The van der Waals surface area contributed by atoms with Gasteiger partial charge >= 0.3 is 12.2 Å². The molecule has 2 atom stereocenters. The number of pyridine rings is 1. The molecule has 0 fully saturated rings. The Bertz CT molecular complexity index is 669. The highest BCUT2D eigenvalue weighted by molar-refractivity contribution is 6.25. The van der Waals surface area contributed by atoms with Gasteiger partial charge < -0.3 is 25.4 Å². The maximum absolute atomic E-state index is 12.3. The monoisotopic (exact) mass is 350 g/mol. The zero-order valence-corrected chi connectivity index (χ0v) is 13.7. The molecule has 0 aliphatic heterocycles. The van der Waals surface area contributed by atoms with Gasteiger partial charge in [-0.15, -0.1) is 0 Å². The number of carbonyl (C=O) groups is 3. The van der Waals surface area contributed by atoms with Crippen LogP contribution in [0.1, 0.15) is 24.6 Å². The maximum Gasteiger partial charge on any atom is 0.326 e. The molecule has 0 saturated carbocycles. The standard InChI is InChI=1S/C15H18N4O6/c1-24-10-4-6-11(17-8-10)13(25-2)14(21)19-12(15(22)23)5-3-9(20)7-18-16/h4,6-8,12-13H,3,5H2,1-2H3,(H,19,21)(H,22,23). The van der Waals surface area contributed by atoms with Gasteiger partial charge in [-0.05, 0) is 18.6 Å². The van der Waals surface area contributed by atoms with Crippen LogP contribution in [0.3, 0.4) is 0 Å². The van der Waals surface area contributed by atoms with E-state index in [0.29, 0.717) is 12.0 Å². The van der Waals surface area contributed by atoms with Gasteiger partial charge in [-0.2, -0.15) is 4.79 Å². The van der Waals surface area contributed by atoms with Gasteiger partial charge in [0.05, 0.1) is 19.0 Å². The number of hydrogen-bond donors (Lipinski definition) is 2. The molecular formula is C15H18N4O6. The highest BCUT2D eigenvalue weighted by Gasteiger charge is 2.27. The summed E-state index contributed by atoms with van der Waals surface area (Å²) in [5, 5.41) is 11.5. The van der Waals surface area contributed by atoms with Crippen LogP contribution in [-0.2, 0) is 19.1 Å². The van der Waals surface area contributed by atoms with Crippen molar-refractivity contribution in [1.82, 2.24) is 10.3 Å². The van der Waals surface area contributed by atoms with Gasteiger partial charge in [0.15, 0.2) is 6.10 Å². The Labute approximate surface area is 143 Å². The number of carboxylic acid groups (broad SMARTS) is 1. The summed E-state index contributed by atoms with van der Waals surface area (Å²) in [6.45, 7) is 0. The lowest BCUT2D eigenvalue weighted by atomic mass is 10.1. The highest BCUT2D eigenvalue weighted by Crippen LogP contribution is 2.18. The zero-order valence-electron chi connectivity index (χ0n) is 13.7. The van der Waals surface area contributed by atoms with E-state index in [-0.39, 0.29) is 18.5 Å². The predicted octanol–water partition coefficient (Wildman–Crippen LogP) is -0.00300. The molecule has 0 aliphatic carbocycles. The van der Waals surface area contributed by atoms with E-state index < -0.39 is 29.8 Å². The van der Waals surface area contributed by atoms with Gasteiger partial charge in [0, 0.05) is 13.5 Å². The minimum Gasteiger partial charge on any atom is -0.495 e. The Morgan fingerprint density at radius 3 is 2.60 bits per heavy atom. The van der Waals surface area contributed by atoms with Crippen molar-refractivity contribution in [2.75, 3.05) is 14.2 Å². The molecule has 0 saturated heterocycles. The van der Waals surface area contributed by atoms with Crippen molar-refractivity contribution in [3.63, 3.8) is 0 Å². The Balaban J connectivity index is 2.80. The minimum absolute atomic E-state index is 0.168. The minimum atomic E-state index is -1.31. The number of nitrogens with zero attached hydrogens (tertiary/aromatic N) is 3. The first-order chi connectivity index (χ1) is 11.9. The molecular weight excluding hydrogens is 332 g/mol. The summed E-state index contributed by atoms with van der Waals surface area (Å²) in [5.74, 6) is -2.09. The molecule has 10 nitrogen and oxygen atoms in total. The number of aromatic nitrogens is 1. The van der Waals surface area contributed by atoms with E-state index in [0.717, 1.165) is 0 Å². The molecule has 1 aromatic heterocycles. The summed E-state index contributed by atoms with van der Waals surface area (Å²) in [6.07, 6.45) is 0.566. The molecule has 10 heteroatoms. The smallest absolute Gasteiger partial charge is 0.326 e. The van der Waals surface area contributed by atoms with Crippen LogP contribution >= 0.6 is 0 Å². The summed E-state index contributed by atoms with van der Waals surface area (Å²) in [4.78, 5) is 41.4. The third-order valence-corrected chi connectivity index (χ3v) is 3.23. The molecule has 0 aliphatic rings. The number of carbonyl (C=O) groups excluding carboxylic acids is 2. The van der Waals surface area contributed by atoms with Crippen LogP contribution in [0, 0.1) is 0 Å². The molecule has 1 amide bonds. The number of nitrogens with one attached hydrogen (secondary N) is 1. The van der Waals surface area contributed by atoms with Gasteiger partial charge in [0.1, 0.15) is 11.8 Å². The Morgan fingerprint density at radius 1 is 1.40 bits per heavy atom. The second kappa shape index (κ2) is 9.91. The maximum atomic E-state index is 12.3. The fraction of sp³-hybridized carbons (Fsp3) is 0.400. The van der Waals surface area contributed by atoms with Crippen molar-refractivity contribution in [1.29, 1.82) is 0 Å². The lowest BCUT2D eigenvalue weighted by molar-refractivity contribution is -0.144. The van der Waals surface area contributed by atoms with Crippen molar-refractivity contribution in [3.05, 3.63) is 29.6 Å². The normalized spacial score (nSPS) is 12.4. The van der Waals surface area contributed by atoms with Gasteiger partial charge in [-0.3, -0.25) is 14.6 Å². The summed E-state index contributed by atoms with van der Waals surface area (Å²) in [6, 6.07) is 1.80. The average molecular weight is 350 g/mol. The molecule has 2 unspecified atom stereocenters. The summed E-state index contributed by atoms with van der Waals surface area (Å²) >= 11 is 0. The first-order valence-electron chi connectivity index (χ1n) is 7.19. The summed E-state index contributed by atoms with van der Waals surface area (Å²) in [7, 11) is 2.75. The fourth-order valence-electron chi connectivity index (χ4n) is 1.95. The van der Waals surface area contributed by atoms with Crippen molar-refractivity contribution in [2.45, 2.75) is 25.0 Å². The SMILES string of the molecule is COc1ccc(C(OC)C(=O)NC(CCC(=O)C=[N+]=[N-])C(=O)O)nc1. The molecule has 134 valence electrons. The third-order valence-electron chi connectivity index (χ3n) is 3.23. The van der Waals surface area contributed by atoms with Crippen LogP contribution in [-0.4, -0.2) is 59.0 Å². The third kappa shape index (κ3) is 6.13. The highest BCUT2D eigenvalue weighted by atomic mass is 16.5. The van der Waals surface area contributed by atoms with E-state index >= 15 is 0 Å². The number of ketones is 1. The lowest BCUT2D eigenvalue weighted by Gasteiger charge is -2.19. The van der Waals surface area contributed by atoms with Crippen LogP contribution in [0.15, 0.2) is 18.3 Å². The van der Waals surface area contributed by atoms with Crippen LogP contribution in [0.25, 0.3) is 5.53 Å². The Morgan fingerprint density at radius 2 is 2.12 bits per heavy atom. The molecule has 0 aromatic carbocycles. The van der Waals surface area contributed by atoms with Gasteiger partial charge in [-0.25, -0.2) is 4.79 Å². The van der Waals surface area contributed by atoms with Gasteiger partial charge in [0.25, 0.3) is 5.91 Å². The largest absolute Gasteiger partial charge is 0.495 e. The number of methoxy groups -OCH3 is 2. The molecule has 0 radical (unpaired) electrons. The second-order valence-corrected chi connectivity index (χ2v) is 4.89. The number of hydrogen-bond acceptors (Lipinski definition) is 6. The van der Waals surface area contributed by atoms with E-state index in [9.17, 15) is 19.5 Å². The molecule has 1 heterocycles. The quantitative estimate of drug-likeness (QED) is 0.342. The van der Waals surface area contributed by atoms with E-state index in [2.05, 4.69) is 15.1 Å². The van der Waals surface area contributed by atoms with Crippen molar-refractivity contribution in [2.24, 2.45) is 0 Å². The van der Waals surface area contributed by atoms with E-state index in [1.54, 1.807) is 6.07 Å². The first kappa shape index (κ1) is 19.9. The fourth-order valence-corrected chi connectivity index (χ4v) is 1.95. The predicted molar refractivity (Wildman–Crippen MR) is 84.0 cm³/mol. The molecule has 2 N–H and O–H groups in total.